The Labute approximate surface area is 119 Å². The fourth-order valence-electron chi connectivity index (χ4n) is 3.01. The fraction of sp³-hybridized carbons (Fsp3) is 0.500. The molecule has 3 rings (SSSR count). The van der Waals surface area contributed by atoms with E-state index in [4.69, 9.17) is 10.3 Å². The maximum Gasteiger partial charge on any atom is 0.257 e. The van der Waals surface area contributed by atoms with E-state index in [0.717, 1.165) is 28.6 Å². The number of aryl methyl sites for hydroxylation is 1. The zero-order valence-corrected chi connectivity index (χ0v) is 12.1. The largest absolute Gasteiger partial charge is 0.399 e. The predicted octanol–water partition coefficient (Wildman–Crippen LogP) is 3.92. The van der Waals surface area contributed by atoms with Gasteiger partial charge in [0.15, 0.2) is 5.82 Å². The van der Waals surface area contributed by atoms with Crippen LogP contribution in [0.5, 0.6) is 0 Å². The van der Waals surface area contributed by atoms with Gasteiger partial charge < -0.3 is 10.3 Å². The van der Waals surface area contributed by atoms with Gasteiger partial charge in [-0.1, -0.05) is 18.5 Å². The van der Waals surface area contributed by atoms with Crippen LogP contribution in [0.3, 0.4) is 0 Å². The molecule has 4 nitrogen and oxygen atoms in total. The quantitative estimate of drug-likeness (QED) is 0.859. The zero-order valence-electron chi connectivity index (χ0n) is 12.1. The molecule has 1 aromatic carbocycles. The second kappa shape index (κ2) is 5.27. The van der Waals surface area contributed by atoms with Crippen molar-refractivity contribution in [3.05, 3.63) is 29.6 Å². The van der Waals surface area contributed by atoms with Crippen LogP contribution in [0.15, 0.2) is 22.7 Å². The molecule has 0 amide bonds. The van der Waals surface area contributed by atoms with Crippen molar-refractivity contribution in [3.8, 4) is 11.5 Å². The van der Waals surface area contributed by atoms with Crippen molar-refractivity contribution in [3.63, 3.8) is 0 Å². The van der Waals surface area contributed by atoms with Crippen LogP contribution in [0.4, 0.5) is 5.69 Å². The van der Waals surface area contributed by atoms with Crippen LogP contribution in [-0.4, -0.2) is 10.1 Å². The van der Waals surface area contributed by atoms with Crippen molar-refractivity contribution in [2.45, 2.75) is 45.4 Å². The first-order chi connectivity index (χ1) is 9.67. The fourth-order valence-corrected chi connectivity index (χ4v) is 3.01. The Kier molecular flexibility index (Phi) is 3.47. The molecule has 0 radical (unpaired) electrons. The molecular weight excluding hydrogens is 250 g/mol. The third kappa shape index (κ3) is 2.42. The van der Waals surface area contributed by atoms with Crippen molar-refractivity contribution in [1.29, 1.82) is 0 Å². The van der Waals surface area contributed by atoms with Crippen molar-refractivity contribution in [2.24, 2.45) is 5.92 Å². The maximum atomic E-state index is 5.84. The lowest BCUT2D eigenvalue weighted by Crippen LogP contribution is -1.97. The van der Waals surface area contributed by atoms with E-state index in [1.165, 1.54) is 25.7 Å². The molecule has 1 aliphatic carbocycles. The van der Waals surface area contributed by atoms with E-state index in [2.05, 4.69) is 17.1 Å². The van der Waals surface area contributed by atoms with E-state index in [1.54, 1.807) is 0 Å². The Balaban J connectivity index is 1.81. The highest BCUT2D eigenvalue weighted by atomic mass is 16.5. The van der Waals surface area contributed by atoms with Crippen LogP contribution < -0.4 is 5.73 Å². The summed E-state index contributed by atoms with van der Waals surface area (Å²) in [5.41, 5.74) is 8.60. The monoisotopic (exact) mass is 271 g/mol. The maximum absolute atomic E-state index is 5.84. The Morgan fingerprint density at radius 2 is 2.20 bits per heavy atom. The molecule has 1 saturated carbocycles. The number of aromatic nitrogens is 2. The molecule has 1 fully saturated rings. The number of nitrogen functional groups attached to an aromatic ring is 1. The lowest BCUT2D eigenvalue weighted by atomic mass is 10.0. The summed E-state index contributed by atoms with van der Waals surface area (Å²) in [6.45, 7) is 4.24. The molecule has 1 aliphatic rings. The first-order valence-corrected chi connectivity index (χ1v) is 7.37. The summed E-state index contributed by atoms with van der Waals surface area (Å²) in [4.78, 5) is 4.58. The van der Waals surface area contributed by atoms with E-state index in [9.17, 15) is 0 Å². The molecule has 106 valence electrons. The number of anilines is 1. The van der Waals surface area contributed by atoms with E-state index in [0.29, 0.717) is 11.8 Å². The minimum absolute atomic E-state index is 0.465. The van der Waals surface area contributed by atoms with Crippen LogP contribution in [0.2, 0.25) is 0 Å². The molecule has 2 atom stereocenters. The zero-order chi connectivity index (χ0) is 14.1. The van der Waals surface area contributed by atoms with Crippen molar-refractivity contribution in [1.82, 2.24) is 10.1 Å². The number of rotatable bonds is 3. The third-order valence-corrected chi connectivity index (χ3v) is 4.44. The van der Waals surface area contributed by atoms with Gasteiger partial charge in [-0.25, -0.2) is 0 Å². The van der Waals surface area contributed by atoms with Gasteiger partial charge in [-0.3, -0.25) is 0 Å². The second-order valence-electron chi connectivity index (χ2n) is 5.81. The molecule has 1 heterocycles. The summed E-state index contributed by atoms with van der Waals surface area (Å²) in [6, 6.07) is 5.82. The average Bonchev–Trinajstić information content (AvgIpc) is 3.09. The van der Waals surface area contributed by atoms with E-state index < -0.39 is 0 Å². The van der Waals surface area contributed by atoms with Crippen LogP contribution in [0, 0.1) is 12.8 Å². The molecule has 0 bridgehead atoms. The standard InChI is InChI=1S/C16H21N3O/c1-3-11-4-5-12(9-11)15-18-16(20-19-15)13-6-7-14(17)10(2)8-13/h6-8,11-12H,3-5,9,17H2,1-2H3. The highest BCUT2D eigenvalue weighted by Crippen LogP contribution is 2.39. The molecular formula is C16H21N3O. The van der Waals surface area contributed by atoms with Gasteiger partial charge in [0.2, 0.25) is 0 Å². The summed E-state index contributed by atoms with van der Waals surface area (Å²) in [7, 11) is 0. The molecule has 2 unspecified atom stereocenters. The lowest BCUT2D eigenvalue weighted by Gasteiger charge is -2.04. The Bertz CT molecular complexity index is 606. The smallest absolute Gasteiger partial charge is 0.257 e. The summed E-state index contributed by atoms with van der Waals surface area (Å²) < 4.78 is 5.42. The molecule has 20 heavy (non-hydrogen) atoms. The number of hydrogen-bond acceptors (Lipinski definition) is 4. The number of nitrogens with zero attached hydrogens (tertiary/aromatic N) is 2. The molecule has 2 aromatic rings. The third-order valence-electron chi connectivity index (χ3n) is 4.44. The normalized spacial score (nSPS) is 22.3. The molecule has 1 aromatic heterocycles. The molecule has 0 saturated heterocycles. The summed E-state index contributed by atoms with van der Waals surface area (Å²) >= 11 is 0. The van der Waals surface area contributed by atoms with Crippen molar-refractivity contribution < 1.29 is 4.52 Å². The highest BCUT2D eigenvalue weighted by Gasteiger charge is 2.28. The van der Waals surface area contributed by atoms with Gasteiger partial charge in [0, 0.05) is 17.2 Å². The number of nitrogens with two attached hydrogens (primary N) is 1. The van der Waals surface area contributed by atoms with E-state index in [-0.39, 0.29) is 0 Å². The Hall–Kier alpha value is -1.84. The minimum Gasteiger partial charge on any atom is -0.399 e. The van der Waals surface area contributed by atoms with Gasteiger partial charge in [0.25, 0.3) is 5.89 Å². The van der Waals surface area contributed by atoms with Gasteiger partial charge in [-0.15, -0.1) is 0 Å². The lowest BCUT2D eigenvalue weighted by molar-refractivity contribution is 0.413. The molecule has 0 aliphatic heterocycles. The van der Waals surface area contributed by atoms with Crippen molar-refractivity contribution >= 4 is 5.69 Å². The minimum atomic E-state index is 0.465. The van der Waals surface area contributed by atoms with Gasteiger partial charge >= 0.3 is 0 Å². The van der Waals surface area contributed by atoms with Crippen LogP contribution in [0.1, 0.15) is 49.9 Å². The molecule has 0 spiro atoms. The number of hydrogen-bond donors (Lipinski definition) is 1. The highest BCUT2D eigenvalue weighted by molar-refractivity contribution is 5.60. The van der Waals surface area contributed by atoms with Crippen LogP contribution in [0.25, 0.3) is 11.5 Å². The number of benzene rings is 1. The topological polar surface area (TPSA) is 64.9 Å². The first-order valence-electron chi connectivity index (χ1n) is 7.37. The van der Waals surface area contributed by atoms with Gasteiger partial charge in [-0.2, -0.15) is 4.98 Å². The summed E-state index contributed by atoms with van der Waals surface area (Å²) in [5.74, 6) is 2.75. The van der Waals surface area contributed by atoms with Crippen LogP contribution in [-0.2, 0) is 0 Å². The Morgan fingerprint density at radius 1 is 1.35 bits per heavy atom. The van der Waals surface area contributed by atoms with Gasteiger partial charge in [0.05, 0.1) is 0 Å². The Morgan fingerprint density at radius 3 is 2.90 bits per heavy atom. The van der Waals surface area contributed by atoms with Crippen LogP contribution >= 0.6 is 0 Å². The van der Waals surface area contributed by atoms with E-state index in [1.807, 2.05) is 25.1 Å². The van der Waals surface area contributed by atoms with E-state index >= 15 is 0 Å². The first kappa shape index (κ1) is 13.2. The average molecular weight is 271 g/mol. The summed E-state index contributed by atoms with van der Waals surface area (Å²) in [6.07, 6.45) is 4.90. The SMILES string of the molecule is CCC1CCC(c2noc(-c3ccc(N)c(C)c3)n2)C1. The molecule has 4 heteroatoms. The van der Waals surface area contributed by atoms with Crippen molar-refractivity contribution in [2.75, 3.05) is 5.73 Å². The predicted molar refractivity (Wildman–Crippen MR) is 79.3 cm³/mol. The summed E-state index contributed by atoms with van der Waals surface area (Å²) in [5, 5.41) is 4.18. The molecule has 2 N–H and O–H groups in total. The van der Waals surface area contributed by atoms with Gasteiger partial charge in [-0.05, 0) is 55.9 Å². The van der Waals surface area contributed by atoms with Gasteiger partial charge in [0.1, 0.15) is 0 Å². The second-order valence-corrected chi connectivity index (χ2v) is 5.81.